The number of aliphatic carboxylic acids is 1. The number of fused-ring (bicyclic) bond motifs is 1. The molecule has 0 amide bonds. The fraction of sp³-hybridized carbons (Fsp3) is 0.167. The number of furan rings is 1. The predicted molar refractivity (Wildman–Crippen MR) is 57.7 cm³/mol. The lowest BCUT2D eigenvalue weighted by Crippen LogP contribution is -2.12. The number of hydrogen-bond donors (Lipinski definition) is 1. The number of Topliss-reactive ketones (excluding diaryl/α,β-unsaturated/α-hetero) is 1. The van der Waals surface area contributed by atoms with Crippen molar-refractivity contribution in [2.75, 3.05) is 0 Å². The minimum atomic E-state index is -1.45. The molecule has 4 heteroatoms. The van der Waals surface area contributed by atoms with Crippen LogP contribution in [0.3, 0.4) is 0 Å². The maximum Gasteiger partial charge on any atom is 0.377 e. The summed E-state index contributed by atoms with van der Waals surface area (Å²) in [5.41, 5.74) is 1.76. The van der Waals surface area contributed by atoms with E-state index in [0.29, 0.717) is 5.58 Å². The van der Waals surface area contributed by atoms with E-state index in [1.165, 1.54) is 6.07 Å². The first-order valence-electron chi connectivity index (χ1n) is 4.78. The van der Waals surface area contributed by atoms with Crippen molar-refractivity contribution in [2.45, 2.75) is 13.8 Å². The molecule has 82 valence electrons. The van der Waals surface area contributed by atoms with Gasteiger partial charge < -0.3 is 9.52 Å². The summed E-state index contributed by atoms with van der Waals surface area (Å²) >= 11 is 0. The van der Waals surface area contributed by atoms with Gasteiger partial charge in [-0.25, -0.2) is 4.79 Å². The molecule has 1 heterocycles. The van der Waals surface area contributed by atoms with E-state index in [-0.39, 0.29) is 5.56 Å². The molecule has 0 bridgehead atoms. The maximum absolute atomic E-state index is 11.3. The Morgan fingerprint density at radius 2 is 1.94 bits per heavy atom. The van der Waals surface area contributed by atoms with Crippen LogP contribution in [0, 0.1) is 13.8 Å². The Kier molecular flexibility index (Phi) is 2.27. The second-order valence-electron chi connectivity index (χ2n) is 3.63. The van der Waals surface area contributed by atoms with Crippen LogP contribution in [0.1, 0.15) is 21.7 Å². The van der Waals surface area contributed by atoms with Crippen molar-refractivity contribution in [1.29, 1.82) is 0 Å². The minimum absolute atomic E-state index is 0.170. The molecule has 0 fully saturated rings. The van der Waals surface area contributed by atoms with Crippen molar-refractivity contribution in [2.24, 2.45) is 0 Å². The molecule has 16 heavy (non-hydrogen) atoms. The molecule has 2 rings (SSSR count). The lowest BCUT2D eigenvalue weighted by atomic mass is 10.1. The summed E-state index contributed by atoms with van der Waals surface area (Å²) in [4.78, 5) is 21.8. The fourth-order valence-corrected chi connectivity index (χ4v) is 1.61. The summed E-state index contributed by atoms with van der Waals surface area (Å²) < 4.78 is 5.44. The standard InChI is InChI=1S/C12H10O4/c1-6-7(2)16-10-4-3-8(5-9(6)10)11(13)12(14)15/h3-5H,1-2H3,(H,14,15). The monoisotopic (exact) mass is 218 g/mol. The number of carboxylic acid groups (broad SMARTS) is 1. The minimum Gasteiger partial charge on any atom is -0.475 e. The normalized spacial score (nSPS) is 10.6. The van der Waals surface area contributed by atoms with E-state index in [1.54, 1.807) is 12.1 Å². The van der Waals surface area contributed by atoms with E-state index in [9.17, 15) is 9.59 Å². The molecule has 0 aliphatic rings. The zero-order chi connectivity index (χ0) is 11.9. The molecular weight excluding hydrogens is 208 g/mol. The van der Waals surface area contributed by atoms with Gasteiger partial charge in [0.1, 0.15) is 11.3 Å². The van der Waals surface area contributed by atoms with Gasteiger partial charge in [-0.3, -0.25) is 4.79 Å². The Morgan fingerprint density at radius 3 is 2.56 bits per heavy atom. The quantitative estimate of drug-likeness (QED) is 0.620. The van der Waals surface area contributed by atoms with Crippen LogP contribution in [0.4, 0.5) is 0 Å². The van der Waals surface area contributed by atoms with E-state index < -0.39 is 11.8 Å². The molecule has 1 aromatic heterocycles. The predicted octanol–water partition coefficient (Wildman–Crippen LogP) is 2.32. The number of rotatable bonds is 2. The largest absolute Gasteiger partial charge is 0.475 e. The average Bonchev–Trinajstić information content (AvgIpc) is 2.53. The molecule has 1 aromatic carbocycles. The highest BCUT2D eigenvalue weighted by Crippen LogP contribution is 2.25. The number of aryl methyl sites for hydroxylation is 2. The Balaban J connectivity index is 2.63. The fourth-order valence-electron chi connectivity index (χ4n) is 1.61. The number of hydrogen-bond acceptors (Lipinski definition) is 3. The van der Waals surface area contributed by atoms with Gasteiger partial charge in [-0.1, -0.05) is 0 Å². The Morgan fingerprint density at radius 1 is 1.25 bits per heavy atom. The first-order valence-corrected chi connectivity index (χ1v) is 4.78. The van der Waals surface area contributed by atoms with Crippen LogP contribution in [-0.2, 0) is 4.79 Å². The molecule has 0 aliphatic heterocycles. The Labute approximate surface area is 91.5 Å². The van der Waals surface area contributed by atoms with Gasteiger partial charge in [-0.15, -0.1) is 0 Å². The van der Waals surface area contributed by atoms with Gasteiger partial charge >= 0.3 is 5.97 Å². The molecule has 1 N–H and O–H groups in total. The van der Waals surface area contributed by atoms with Crippen LogP contribution in [-0.4, -0.2) is 16.9 Å². The highest BCUT2D eigenvalue weighted by molar-refractivity contribution is 6.40. The van der Waals surface area contributed by atoms with E-state index in [4.69, 9.17) is 9.52 Å². The smallest absolute Gasteiger partial charge is 0.377 e. The summed E-state index contributed by atoms with van der Waals surface area (Å²) in [5.74, 6) is -1.58. The third kappa shape index (κ3) is 1.48. The van der Waals surface area contributed by atoms with Gasteiger partial charge in [0.25, 0.3) is 5.78 Å². The van der Waals surface area contributed by atoms with Crippen molar-refractivity contribution in [1.82, 2.24) is 0 Å². The summed E-state index contributed by atoms with van der Waals surface area (Å²) in [6, 6.07) is 4.63. The van der Waals surface area contributed by atoms with Crippen LogP contribution in [0.25, 0.3) is 11.0 Å². The first kappa shape index (κ1) is 10.4. The number of carbonyl (C=O) groups excluding carboxylic acids is 1. The summed E-state index contributed by atoms with van der Waals surface area (Å²) in [6.45, 7) is 3.70. The van der Waals surface area contributed by atoms with Gasteiger partial charge in [0.2, 0.25) is 0 Å². The van der Waals surface area contributed by atoms with Crippen LogP contribution in [0.15, 0.2) is 22.6 Å². The van der Waals surface area contributed by atoms with Gasteiger partial charge in [-0.2, -0.15) is 0 Å². The molecule has 0 saturated carbocycles. The molecule has 2 aromatic rings. The summed E-state index contributed by atoms with van der Waals surface area (Å²) in [5, 5.41) is 9.39. The van der Waals surface area contributed by atoms with Crippen LogP contribution < -0.4 is 0 Å². The first-order chi connectivity index (χ1) is 7.50. The number of benzene rings is 1. The molecule has 4 nitrogen and oxygen atoms in total. The maximum atomic E-state index is 11.3. The number of carboxylic acids is 1. The lowest BCUT2D eigenvalue weighted by Gasteiger charge is -1.96. The summed E-state index contributed by atoms with van der Waals surface area (Å²) in [6.07, 6.45) is 0. The van der Waals surface area contributed by atoms with Crippen LogP contribution in [0.2, 0.25) is 0 Å². The van der Waals surface area contributed by atoms with Crippen molar-refractivity contribution >= 4 is 22.7 Å². The molecule has 0 spiro atoms. The molecular formula is C12H10O4. The Bertz CT molecular complexity index is 592. The summed E-state index contributed by atoms with van der Waals surface area (Å²) in [7, 11) is 0. The lowest BCUT2D eigenvalue weighted by molar-refractivity contribution is -0.131. The molecule has 0 atom stereocenters. The zero-order valence-corrected chi connectivity index (χ0v) is 8.90. The van der Waals surface area contributed by atoms with Crippen molar-refractivity contribution in [3.05, 3.63) is 35.1 Å². The Hall–Kier alpha value is -2.10. The number of ketones is 1. The van der Waals surface area contributed by atoms with Crippen molar-refractivity contribution < 1.29 is 19.1 Å². The molecule has 0 saturated heterocycles. The van der Waals surface area contributed by atoms with Crippen LogP contribution >= 0.6 is 0 Å². The SMILES string of the molecule is Cc1oc2ccc(C(=O)C(=O)O)cc2c1C. The molecule has 0 radical (unpaired) electrons. The van der Waals surface area contributed by atoms with Gasteiger partial charge in [-0.05, 0) is 37.6 Å². The van der Waals surface area contributed by atoms with Gasteiger partial charge in [0.15, 0.2) is 0 Å². The van der Waals surface area contributed by atoms with E-state index in [2.05, 4.69) is 0 Å². The highest BCUT2D eigenvalue weighted by atomic mass is 16.4. The van der Waals surface area contributed by atoms with Crippen molar-refractivity contribution in [3.8, 4) is 0 Å². The topological polar surface area (TPSA) is 67.5 Å². The van der Waals surface area contributed by atoms with Gasteiger partial charge in [0, 0.05) is 10.9 Å². The van der Waals surface area contributed by atoms with E-state index in [0.717, 1.165) is 16.7 Å². The second-order valence-corrected chi connectivity index (χ2v) is 3.63. The van der Waals surface area contributed by atoms with E-state index in [1.807, 2.05) is 13.8 Å². The highest BCUT2D eigenvalue weighted by Gasteiger charge is 2.16. The zero-order valence-electron chi connectivity index (χ0n) is 8.90. The third-order valence-corrected chi connectivity index (χ3v) is 2.63. The third-order valence-electron chi connectivity index (χ3n) is 2.63. The van der Waals surface area contributed by atoms with Gasteiger partial charge in [0.05, 0.1) is 0 Å². The molecule has 0 aliphatic carbocycles. The number of carbonyl (C=O) groups is 2. The van der Waals surface area contributed by atoms with Crippen LogP contribution in [0.5, 0.6) is 0 Å². The van der Waals surface area contributed by atoms with Crippen molar-refractivity contribution in [3.63, 3.8) is 0 Å². The van der Waals surface area contributed by atoms with E-state index >= 15 is 0 Å². The molecule has 0 unspecified atom stereocenters. The second kappa shape index (κ2) is 3.48. The average molecular weight is 218 g/mol.